The van der Waals surface area contributed by atoms with E-state index in [-0.39, 0.29) is 17.5 Å². The van der Waals surface area contributed by atoms with Gasteiger partial charge in [0.2, 0.25) is 11.6 Å². The molecule has 1 aromatic heterocycles. The van der Waals surface area contributed by atoms with Crippen LogP contribution in [0, 0.1) is 13.8 Å². The van der Waals surface area contributed by atoms with Crippen molar-refractivity contribution in [3.63, 3.8) is 0 Å². The lowest BCUT2D eigenvalue weighted by Gasteiger charge is -2.22. The van der Waals surface area contributed by atoms with Crippen molar-refractivity contribution in [3.8, 4) is 5.75 Å². The molecule has 0 fully saturated rings. The van der Waals surface area contributed by atoms with Crippen LogP contribution in [-0.4, -0.2) is 22.1 Å². The van der Waals surface area contributed by atoms with Gasteiger partial charge >= 0.3 is 6.18 Å². The van der Waals surface area contributed by atoms with Gasteiger partial charge in [-0.1, -0.05) is 6.92 Å². The first-order valence-corrected chi connectivity index (χ1v) is 10.2. The van der Waals surface area contributed by atoms with Crippen LogP contribution in [0.5, 0.6) is 5.75 Å². The second-order valence-electron chi connectivity index (χ2n) is 7.43. The molecule has 0 unspecified atom stereocenters. The fraction of sp³-hybridized carbons (Fsp3) is 0.348. The van der Waals surface area contributed by atoms with E-state index in [0.29, 0.717) is 18.0 Å². The number of benzene rings is 2. The van der Waals surface area contributed by atoms with E-state index in [4.69, 9.17) is 4.74 Å². The SMILES string of the molecule is CCOc1ccc(NC(=O)[C@@H](CC)n2c(=O)c(C(F)(F)F)nc3cc(C)c(C)cc32)cc1. The number of hydrogen-bond acceptors (Lipinski definition) is 4. The van der Waals surface area contributed by atoms with E-state index < -0.39 is 29.4 Å². The van der Waals surface area contributed by atoms with Gasteiger partial charge in [0.25, 0.3) is 5.56 Å². The van der Waals surface area contributed by atoms with E-state index in [1.165, 1.54) is 6.07 Å². The minimum Gasteiger partial charge on any atom is -0.494 e. The lowest BCUT2D eigenvalue weighted by Crippen LogP contribution is -2.37. The predicted octanol–water partition coefficient (Wildman–Crippen LogP) is 5.02. The first-order valence-electron chi connectivity index (χ1n) is 10.2. The molecule has 0 radical (unpaired) electrons. The summed E-state index contributed by atoms with van der Waals surface area (Å²) in [5.41, 5.74) is -0.759. The van der Waals surface area contributed by atoms with Crippen molar-refractivity contribution in [2.75, 3.05) is 11.9 Å². The van der Waals surface area contributed by atoms with Gasteiger partial charge in [0.15, 0.2) is 0 Å². The van der Waals surface area contributed by atoms with Crippen LogP contribution in [0.1, 0.15) is 43.1 Å². The molecule has 0 saturated carbocycles. The number of anilines is 1. The summed E-state index contributed by atoms with van der Waals surface area (Å²) in [5, 5.41) is 2.68. The molecule has 1 heterocycles. The van der Waals surface area contributed by atoms with Crippen molar-refractivity contribution in [2.24, 2.45) is 0 Å². The zero-order chi connectivity index (χ0) is 23.6. The molecule has 2 aromatic carbocycles. The van der Waals surface area contributed by atoms with Crippen LogP contribution in [0.25, 0.3) is 11.0 Å². The van der Waals surface area contributed by atoms with Crippen molar-refractivity contribution < 1.29 is 22.7 Å². The average Bonchev–Trinajstić information content (AvgIpc) is 2.72. The number of hydrogen-bond donors (Lipinski definition) is 1. The van der Waals surface area contributed by atoms with E-state index in [1.807, 2.05) is 6.92 Å². The largest absolute Gasteiger partial charge is 0.494 e. The van der Waals surface area contributed by atoms with Gasteiger partial charge in [-0.3, -0.25) is 14.2 Å². The number of carbonyl (C=O) groups is 1. The highest BCUT2D eigenvalue weighted by Crippen LogP contribution is 2.29. The molecule has 0 spiro atoms. The normalized spacial score (nSPS) is 12.6. The third-order valence-electron chi connectivity index (χ3n) is 5.21. The Morgan fingerprint density at radius 3 is 2.31 bits per heavy atom. The molecule has 170 valence electrons. The van der Waals surface area contributed by atoms with Crippen LogP contribution in [0.3, 0.4) is 0 Å². The number of nitrogens with zero attached hydrogens (tertiary/aromatic N) is 2. The van der Waals surface area contributed by atoms with Crippen molar-refractivity contribution in [2.45, 2.75) is 46.3 Å². The lowest BCUT2D eigenvalue weighted by molar-refractivity contribution is -0.142. The maximum absolute atomic E-state index is 13.6. The lowest BCUT2D eigenvalue weighted by atomic mass is 10.1. The Morgan fingerprint density at radius 1 is 1.12 bits per heavy atom. The molecule has 1 amide bonds. The first kappa shape index (κ1) is 23.3. The summed E-state index contributed by atoms with van der Waals surface area (Å²) in [6.45, 7) is 7.49. The van der Waals surface area contributed by atoms with Gasteiger partial charge in [0.05, 0.1) is 17.6 Å². The Bertz CT molecular complexity index is 1200. The molecule has 1 atom stereocenters. The Hall–Kier alpha value is -3.36. The molecule has 3 aromatic rings. The molecule has 6 nitrogen and oxygen atoms in total. The monoisotopic (exact) mass is 447 g/mol. The van der Waals surface area contributed by atoms with E-state index in [2.05, 4.69) is 10.3 Å². The van der Waals surface area contributed by atoms with Gasteiger partial charge in [-0.2, -0.15) is 13.2 Å². The summed E-state index contributed by atoms with van der Waals surface area (Å²) in [6.07, 6.45) is -4.85. The molecule has 0 aliphatic heterocycles. The number of ether oxygens (including phenoxy) is 1. The maximum atomic E-state index is 13.6. The smallest absolute Gasteiger partial charge is 0.438 e. The zero-order valence-electron chi connectivity index (χ0n) is 18.2. The number of carbonyl (C=O) groups excluding carboxylic acids is 1. The Labute approximate surface area is 183 Å². The predicted molar refractivity (Wildman–Crippen MR) is 116 cm³/mol. The number of aromatic nitrogens is 2. The number of fused-ring (bicyclic) bond motifs is 1. The molecular weight excluding hydrogens is 423 g/mol. The summed E-state index contributed by atoms with van der Waals surface area (Å²) in [5.74, 6) is 0.0205. The van der Waals surface area contributed by atoms with Gasteiger partial charge in [0, 0.05) is 5.69 Å². The molecule has 0 saturated heterocycles. The topological polar surface area (TPSA) is 73.2 Å². The molecule has 3 rings (SSSR count). The minimum absolute atomic E-state index is 0.00680. The van der Waals surface area contributed by atoms with Gasteiger partial charge in [-0.05, 0) is 74.7 Å². The molecule has 0 aliphatic rings. The van der Waals surface area contributed by atoms with Crippen molar-refractivity contribution in [1.82, 2.24) is 9.55 Å². The van der Waals surface area contributed by atoms with E-state index in [0.717, 1.165) is 15.7 Å². The molecule has 9 heteroatoms. The summed E-state index contributed by atoms with van der Waals surface area (Å²) >= 11 is 0. The van der Waals surface area contributed by atoms with Gasteiger partial charge in [0.1, 0.15) is 11.8 Å². The second kappa shape index (κ2) is 9.02. The number of aryl methyl sites for hydroxylation is 2. The Morgan fingerprint density at radius 2 is 1.75 bits per heavy atom. The van der Waals surface area contributed by atoms with Crippen molar-refractivity contribution in [3.05, 3.63) is 63.6 Å². The third kappa shape index (κ3) is 4.61. The zero-order valence-corrected chi connectivity index (χ0v) is 18.2. The number of rotatable bonds is 6. The molecule has 1 N–H and O–H groups in total. The molecular formula is C23H24F3N3O3. The van der Waals surface area contributed by atoms with Crippen LogP contribution in [0.15, 0.2) is 41.2 Å². The number of halogens is 3. The maximum Gasteiger partial charge on any atom is 0.438 e. The average molecular weight is 447 g/mol. The van der Waals surface area contributed by atoms with Gasteiger partial charge in [-0.25, -0.2) is 4.98 Å². The number of nitrogens with one attached hydrogen (secondary N) is 1. The highest BCUT2D eigenvalue weighted by Gasteiger charge is 2.38. The van der Waals surface area contributed by atoms with Gasteiger partial charge < -0.3 is 10.1 Å². The van der Waals surface area contributed by atoms with E-state index in [1.54, 1.807) is 51.1 Å². The number of amides is 1. The summed E-state index contributed by atoms with van der Waals surface area (Å²) in [7, 11) is 0. The van der Waals surface area contributed by atoms with Crippen LogP contribution >= 0.6 is 0 Å². The Balaban J connectivity index is 2.11. The molecule has 0 bridgehead atoms. The summed E-state index contributed by atoms with van der Waals surface area (Å²) in [4.78, 5) is 29.5. The first-order chi connectivity index (χ1) is 15.1. The molecule has 0 aliphatic carbocycles. The summed E-state index contributed by atoms with van der Waals surface area (Å²) < 4.78 is 47.0. The van der Waals surface area contributed by atoms with E-state index in [9.17, 15) is 22.8 Å². The molecule has 32 heavy (non-hydrogen) atoms. The van der Waals surface area contributed by atoms with Gasteiger partial charge in [-0.15, -0.1) is 0 Å². The van der Waals surface area contributed by atoms with Crippen molar-refractivity contribution >= 4 is 22.6 Å². The highest BCUT2D eigenvalue weighted by atomic mass is 19.4. The van der Waals surface area contributed by atoms with Crippen LogP contribution in [-0.2, 0) is 11.0 Å². The second-order valence-corrected chi connectivity index (χ2v) is 7.43. The standard InChI is InChI=1S/C23H24F3N3O3/c1-5-18(21(30)27-15-7-9-16(10-8-15)32-6-2)29-19-12-14(4)13(3)11-17(19)28-20(22(29)31)23(24,25)26/h7-12,18H,5-6H2,1-4H3,(H,27,30)/t18-/m1/s1. The summed E-state index contributed by atoms with van der Waals surface area (Å²) in [6, 6.07) is 8.50. The number of alkyl halides is 3. The van der Waals surface area contributed by atoms with E-state index >= 15 is 0 Å². The fourth-order valence-electron chi connectivity index (χ4n) is 3.47. The minimum atomic E-state index is -4.95. The quantitative estimate of drug-likeness (QED) is 0.576. The third-order valence-corrected chi connectivity index (χ3v) is 5.21. The van der Waals surface area contributed by atoms with Crippen LogP contribution in [0.4, 0.5) is 18.9 Å². The fourth-order valence-corrected chi connectivity index (χ4v) is 3.47. The van der Waals surface area contributed by atoms with Crippen LogP contribution in [0.2, 0.25) is 0 Å². The van der Waals surface area contributed by atoms with Crippen molar-refractivity contribution in [1.29, 1.82) is 0 Å². The van der Waals surface area contributed by atoms with Crippen LogP contribution < -0.4 is 15.6 Å². The highest BCUT2D eigenvalue weighted by molar-refractivity contribution is 5.94. The Kier molecular flexibility index (Phi) is 6.57.